The summed E-state index contributed by atoms with van der Waals surface area (Å²) >= 11 is 0. The monoisotopic (exact) mass is 299 g/mol. The third-order valence-corrected chi connectivity index (χ3v) is 2.67. The van der Waals surface area contributed by atoms with Gasteiger partial charge in [0.15, 0.2) is 5.96 Å². The maximum atomic E-state index is 11.5. The van der Waals surface area contributed by atoms with Gasteiger partial charge in [0.25, 0.3) is 0 Å². The number of guanidine groups is 1. The number of hydrogen-bond donors (Lipinski definition) is 2. The summed E-state index contributed by atoms with van der Waals surface area (Å²) in [4.78, 5) is 16.0. The molecule has 5 nitrogen and oxygen atoms in total. The Kier molecular flexibility index (Phi) is 10.7. The molecule has 0 saturated carbocycles. The molecule has 0 spiro atoms. The van der Waals surface area contributed by atoms with Gasteiger partial charge in [-0.3, -0.25) is 9.79 Å². The smallest absolute Gasteiger partial charge is 0.306 e. The van der Waals surface area contributed by atoms with E-state index < -0.39 is 0 Å². The molecule has 0 aromatic rings. The van der Waals surface area contributed by atoms with Crippen LogP contribution in [0.4, 0.5) is 0 Å². The Balaban J connectivity index is 3.63. The summed E-state index contributed by atoms with van der Waals surface area (Å²) < 4.78 is 5.27. The van der Waals surface area contributed by atoms with Gasteiger partial charge in [-0.15, -0.1) is 0 Å². The van der Waals surface area contributed by atoms with E-state index in [9.17, 15) is 4.79 Å². The van der Waals surface area contributed by atoms with Crippen molar-refractivity contribution in [2.24, 2.45) is 4.99 Å². The van der Waals surface area contributed by atoms with Crippen LogP contribution in [0.25, 0.3) is 0 Å². The van der Waals surface area contributed by atoms with Crippen molar-refractivity contribution in [2.75, 3.05) is 19.6 Å². The second kappa shape index (κ2) is 11.4. The summed E-state index contributed by atoms with van der Waals surface area (Å²) in [6.45, 7) is 12.4. The Morgan fingerprint density at radius 2 is 1.57 bits per heavy atom. The summed E-state index contributed by atoms with van der Waals surface area (Å²) in [5.74, 6) is 0.788. The van der Waals surface area contributed by atoms with Gasteiger partial charge in [0.05, 0.1) is 0 Å². The maximum absolute atomic E-state index is 11.5. The first-order valence-corrected chi connectivity index (χ1v) is 8.13. The molecular formula is C16H33N3O2. The van der Waals surface area contributed by atoms with Crippen molar-refractivity contribution in [3.8, 4) is 0 Å². The molecule has 2 N–H and O–H groups in total. The number of ether oxygens (including phenoxy) is 1. The molecule has 0 saturated heterocycles. The van der Waals surface area contributed by atoms with Gasteiger partial charge in [0.2, 0.25) is 0 Å². The first-order chi connectivity index (χ1) is 9.89. The molecule has 5 heteroatoms. The van der Waals surface area contributed by atoms with Gasteiger partial charge in [-0.05, 0) is 47.5 Å². The zero-order valence-corrected chi connectivity index (χ0v) is 14.4. The average Bonchev–Trinajstić information content (AvgIpc) is 2.36. The molecule has 0 fully saturated rings. The van der Waals surface area contributed by atoms with Gasteiger partial charge in [0, 0.05) is 26.1 Å². The Hall–Kier alpha value is -1.26. The summed E-state index contributed by atoms with van der Waals surface area (Å²) in [5, 5.41) is 6.40. The van der Waals surface area contributed by atoms with Gasteiger partial charge in [0.1, 0.15) is 5.60 Å². The fraction of sp³-hybridized carbons (Fsp3) is 0.875. The first kappa shape index (κ1) is 19.7. The molecule has 0 aromatic carbocycles. The Bertz CT molecular complexity index is 301. The molecule has 0 aromatic heterocycles. The molecule has 0 unspecified atom stereocenters. The Morgan fingerprint density at radius 3 is 2.10 bits per heavy atom. The van der Waals surface area contributed by atoms with Crippen molar-refractivity contribution in [1.29, 1.82) is 0 Å². The second-order valence-electron chi connectivity index (χ2n) is 6.04. The van der Waals surface area contributed by atoms with Gasteiger partial charge < -0.3 is 15.4 Å². The molecule has 21 heavy (non-hydrogen) atoms. The highest BCUT2D eigenvalue weighted by Crippen LogP contribution is 2.11. The normalized spacial score (nSPS) is 10.9. The van der Waals surface area contributed by atoms with Crippen LogP contribution in [0.15, 0.2) is 4.99 Å². The van der Waals surface area contributed by atoms with Crippen molar-refractivity contribution in [3.05, 3.63) is 0 Å². The van der Waals surface area contributed by atoms with Crippen LogP contribution in [0, 0.1) is 0 Å². The molecule has 0 rings (SSSR count). The highest BCUT2D eigenvalue weighted by atomic mass is 16.6. The number of hydrogen-bond acceptors (Lipinski definition) is 3. The van der Waals surface area contributed by atoms with E-state index in [-0.39, 0.29) is 11.6 Å². The maximum Gasteiger partial charge on any atom is 0.306 e. The van der Waals surface area contributed by atoms with Crippen molar-refractivity contribution in [2.45, 2.75) is 72.3 Å². The number of nitrogens with one attached hydrogen (secondary N) is 2. The van der Waals surface area contributed by atoms with E-state index in [0.29, 0.717) is 6.42 Å². The first-order valence-electron chi connectivity index (χ1n) is 8.13. The number of rotatable bonds is 9. The zero-order valence-electron chi connectivity index (χ0n) is 14.4. The zero-order chi connectivity index (χ0) is 16.1. The topological polar surface area (TPSA) is 62.7 Å². The Morgan fingerprint density at radius 1 is 1.00 bits per heavy atom. The molecule has 124 valence electrons. The molecule has 0 aliphatic carbocycles. The van der Waals surface area contributed by atoms with Crippen LogP contribution in [0.2, 0.25) is 0 Å². The summed E-state index contributed by atoms with van der Waals surface area (Å²) in [5.41, 5.74) is -0.374. The van der Waals surface area contributed by atoms with E-state index in [1.54, 1.807) is 0 Å². The second-order valence-corrected chi connectivity index (χ2v) is 6.04. The van der Waals surface area contributed by atoms with Crippen LogP contribution in [-0.2, 0) is 9.53 Å². The van der Waals surface area contributed by atoms with Gasteiger partial charge in [-0.2, -0.15) is 0 Å². The largest absolute Gasteiger partial charge is 0.460 e. The third-order valence-electron chi connectivity index (χ3n) is 2.67. The van der Waals surface area contributed by atoms with Crippen LogP contribution >= 0.6 is 0 Å². The number of esters is 1. The summed E-state index contributed by atoms with van der Waals surface area (Å²) in [6.07, 6.45) is 4.60. The molecular weight excluding hydrogens is 266 g/mol. The average molecular weight is 299 g/mol. The number of nitrogens with zero attached hydrogens (tertiary/aromatic N) is 1. The van der Waals surface area contributed by atoms with E-state index in [0.717, 1.165) is 51.3 Å². The van der Waals surface area contributed by atoms with Crippen LogP contribution in [0.3, 0.4) is 0 Å². The molecule has 0 bridgehead atoms. The lowest BCUT2D eigenvalue weighted by Crippen LogP contribution is -2.37. The lowest BCUT2D eigenvalue weighted by Gasteiger charge is -2.19. The minimum atomic E-state index is -0.374. The molecule has 0 amide bonds. The lowest BCUT2D eigenvalue weighted by molar-refractivity contribution is -0.154. The third kappa shape index (κ3) is 13.5. The number of unbranched alkanes of at least 4 members (excludes halogenated alkanes) is 3. The van der Waals surface area contributed by atoms with Crippen molar-refractivity contribution < 1.29 is 9.53 Å². The minimum absolute atomic E-state index is 0.0953. The molecule has 0 aliphatic rings. The molecule has 0 atom stereocenters. The van der Waals surface area contributed by atoms with Gasteiger partial charge in [-0.1, -0.05) is 12.8 Å². The van der Waals surface area contributed by atoms with Crippen molar-refractivity contribution in [1.82, 2.24) is 10.6 Å². The standard InChI is InChI=1S/C16H33N3O2/c1-6-17-15(18-7-2)19-13-11-9-8-10-12-14(20)21-16(3,4)5/h6-13H2,1-5H3,(H2,17,18,19). The molecule has 0 heterocycles. The van der Waals surface area contributed by atoms with Gasteiger partial charge in [-0.25, -0.2) is 0 Å². The predicted octanol–water partition coefficient (Wildman–Crippen LogP) is 2.85. The van der Waals surface area contributed by atoms with Crippen LogP contribution < -0.4 is 10.6 Å². The quantitative estimate of drug-likeness (QED) is 0.297. The van der Waals surface area contributed by atoms with E-state index in [4.69, 9.17) is 4.74 Å². The van der Waals surface area contributed by atoms with E-state index in [2.05, 4.69) is 29.5 Å². The van der Waals surface area contributed by atoms with E-state index in [1.165, 1.54) is 0 Å². The van der Waals surface area contributed by atoms with E-state index >= 15 is 0 Å². The fourth-order valence-corrected chi connectivity index (χ4v) is 1.83. The Labute approximate surface area is 129 Å². The highest BCUT2D eigenvalue weighted by molar-refractivity contribution is 5.79. The number of carbonyl (C=O) groups excluding carboxylic acids is 1. The molecule has 0 radical (unpaired) electrons. The lowest BCUT2D eigenvalue weighted by atomic mass is 10.1. The van der Waals surface area contributed by atoms with E-state index in [1.807, 2.05) is 20.8 Å². The highest BCUT2D eigenvalue weighted by Gasteiger charge is 2.15. The number of aliphatic imine (C=N–C) groups is 1. The summed E-state index contributed by atoms with van der Waals surface area (Å²) in [6, 6.07) is 0. The van der Waals surface area contributed by atoms with Crippen LogP contribution in [-0.4, -0.2) is 37.2 Å². The number of carbonyl (C=O) groups is 1. The minimum Gasteiger partial charge on any atom is -0.460 e. The van der Waals surface area contributed by atoms with Crippen LogP contribution in [0.1, 0.15) is 66.7 Å². The van der Waals surface area contributed by atoms with Crippen molar-refractivity contribution >= 4 is 11.9 Å². The predicted molar refractivity (Wildman–Crippen MR) is 88.6 cm³/mol. The fourth-order valence-electron chi connectivity index (χ4n) is 1.83. The SMILES string of the molecule is CCNC(=NCCCCCCC(=O)OC(C)(C)C)NCC. The molecule has 0 aliphatic heterocycles. The summed E-state index contributed by atoms with van der Waals surface area (Å²) in [7, 11) is 0. The van der Waals surface area contributed by atoms with Gasteiger partial charge >= 0.3 is 5.97 Å². The van der Waals surface area contributed by atoms with Crippen LogP contribution in [0.5, 0.6) is 0 Å². The van der Waals surface area contributed by atoms with Crippen molar-refractivity contribution in [3.63, 3.8) is 0 Å².